The molecular formula is C15H19FO2. The Kier molecular flexibility index (Phi) is 3.69. The quantitative estimate of drug-likeness (QED) is 0.889. The van der Waals surface area contributed by atoms with E-state index in [0.717, 1.165) is 31.2 Å². The smallest absolute Gasteiger partial charge is 0.309 e. The Morgan fingerprint density at radius 3 is 2.67 bits per heavy atom. The van der Waals surface area contributed by atoms with E-state index in [9.17, 15) is 14.3 Å². The number of carboxylic acid groups (broad SMARTS) is 1. The van der Waals surface area contributed by atoms with Crippen LogP contribution in [0, 0.1) is 17.2 Å². The van der Waals surface area contributed by atoms with Crippen molar-refractivity contribution < 1.29 is 14.3 Å². The van der Waals surface area contributed by atoms with Gasteiger partial charge >= 0.3 is 5.97 Å². The second-order valence-corrected chi connectivity index (χ2v) is 5.59. The van der Waals surface area contributed by atoms with Gasteiger partial charge in [-0.05, 0) is 42.9 Å². The molecule has 0 aliphatic heterocycles. The van der Waals surface area contributed by atoms with Crippen molar-refractivity contribution in [2.24, 2.45) is 11.3 Å². The summed E-state index contributed by atoms with van der Waals surface area (Å²) in [5, 5.41) is 9.55. The number of benzene rings is 1. The molecule has 1 aliphatic rings. The van der Waals surface area contributed by atoms with E-state index in [4.69, 9.17) is 0 Å². The summed E-state index contributed by atoms with van der Waals surface area (Å²) < 4.78 is 12.9. The molecule has 2 unspecified atom stereocenters. The fourth-order valence-corrected chi connectivity index (χ4v) is 3.08. The second kappa shape index (κ2) is 5.09. The van der Waals surface area contributed by atoms with Gasteiger partial charge in [0.25, 0.3) is 0 Å². The van der Waals surface area contributed by atoms with Crippen molar-refractivity contribution in [3.8, 4) is 0 Å². The van der Waals surface area contributed by atoms with Crippen molar-refractivity contribution in [3.05, 3.63) is 35.6 Å². The first kappa shape index (κ1) is 13.1. The summed E-state index contributed by atoms with van der Waals surface area (Å²) in [5.41, 5.74) is 0.253. The zero-order valence-electron chi connectivity index (χ0n) is 10.7. The fraction of sp³-hybridized carbons (Fsp3) is 0.533. The molecule has 0 spiro atoms. The Labute approximate surface area is 107 Å². The lowest BCUT2D eigenvalue weighted by molar-refractivity contribution is -0.152. The molecule has 1 fully saturated rings. The highest BCUT2D eigenvalue weighted by Gasteiger charge is 2.41. The van der Waals surface area contributed by atoms with Crippen molar-refractivity contribution in [2.75, 3.05) is 0 Å². The van der Waals surface area contributed by atoms with Gasteiger partial charge in [-0.25, -0.2) is 4.39 Å². The van der Waals surface area contributed by atoms with Crippen molar-refractivity contribution >= 4 is 5.97 Å². The van der Waals surface area contributed by atoms with E-state index in [2.05, 4.69) is 6.92 Å². The van der Waals surface area contributed by atoms with E-state index >= 15 is 0 Å². The number of carboxylic acids is 1. The van der Waals surface area contributed by atoms with E-state index in [-0.39, 0.29) is 5.82 Å². The van der Waals surface area contributed by atoms with Crippen LogP contribution < -0.4 is 0 Å². The Balaban J connectivity index is 2.20. The molecule has 2 atom stereocenters. The average molecular weight is 250 g/mol. The third-order valence-corrected chi connectivity index (χ3v) is 4.00. The molecule has 0 amide bonds. The Hall–Kier alpha value is -1.38. The van der Waals surface area contributed by atoms with E-state index in [1.807, 2.05) is 0 Å². The summed E-state index contributed by atoms with van der Waals surface area (Å²) in [6, 6.07) is 6.19. The molecule has 1 aromatic rings. The molecular weight excluding hydrogens is 231 g/mol. The SMILES string of the molecule is CC1CCCC(Cc2ccc(F)cc2)(C(=O)O)C1. The zero-order valence-corrected chi connectivity index (χ0v) is 10.7. The van der Waals surface area contributed by atoms with Crippen LogP contribution in [0.5, 0.6) is 0 Å². The first-order valence-electron chi connectivity index (χ1n) is 6.50. The van der Waals surface area contributed by atoms with Crippen LogP contribution in [0.15, 0.2) is 24.3 Å². The molecule has 0 bridgehead atoms. The van der Waals surface area contributed by atoms with Crippen molar-refractivity contribution in [2.45, 2.75) is 39.0 Å². The molecule has 1 aromatic carbocycles. The van der Waals surface area contributed by atoms with Crippen LogP contribution in [0.1, 0.15) is 38.2 Å². The Morgan fingerprint density at radius 2 is 2.11 bits per heavy atom. The van der Waals surface area contributed by atoms with Gasteiger partial charge in [-0.2, -0.15) is 0 Å². The number of hydrogen-bond donors (Lipinski definition) is 1. The van der Waals surface area contributed by atoms with Gasteiger partial charge in [0, 0.05) is 0 Å². The monoisotopic (exact) mass is 250 g/mol. The molecule has 98 valence electrons. The van der Waals surface area contributed by atoms with Crippen LogP contribution in [0.2, 0.25) is 0 Å². The van der Waals surface area contributed by atoms with Gasteiger partial charge in [0.05, 0.1) is 5.41 Å². The summed E-state index contributed by atoms with van der Waals surface area (Å²) in [6.07, 6.45) is 4.03. The largest absolute Gasteiger partial charge is 0.481 e. The third kappa shape index (κ3) is 2.71. The lowest BCUT2D eigenvalue weighted by Crippen LogP contribution is -2.37. The minimum Gasteiger partial charge on any atom is -0.481 e. The van der Waals surface area contributed by atoms with Crippen LogP contribution in [-0.2, 0) is 11.2 Å². The summed E-state index contributed by atoms with van der Waals surface area (Å²) in [4.78, 5) is 11.6. The van der Waals surface area contributed by atoms with Crippen LogP contribution in [0.25, 0.3) is 0 Å². The minimum absolute atomic E-state index is 0.278. The number of rotatable bonds is 3. The average Bonchev–Trinajstić information content (AvgIpc) is 2.32. The maximum atomic E-state index is 12.9. The highest BCUT2D eigenvalue weighted by Crippen LogP contribution is 2.42. The molecule has 18 heavy (non-hydrogen) atoms. The van der Waals surface area contributed by atoms with E-state index < -0.39 is 11.4 Å². The van der Waals surface area contributed by atoms with Crippen LogP contribution in [-0.4, -0.2) is 11.1 Å². The molecule has 0 aromatic heterocycles. The highest BCUT2D eigenvalue weighted by molar-refractivity contribution is 5.75. The highest BCUT2D eigenvalue weighted by atomic mass is 19.1. The van der Waals surface area contributed by atoms with E-state index in [0.29, 0.717) is 12.3 Å². The van der Waals surface area contributed by atoms with Crippen molar-refractivity contribution in [1.82, 2.24) is 0 Å². The van der Waals surface area contributed by atoms with Gasteiger partial charge in [0.15, 0.2) is 0 Å². The summed E-state index contributed by atoms with van der Waals surface area (Å²) in [6.45, 7) is 2.11. The van der Waals surface area contributed by atoms with Crippen LogP contribution in [0.3, 0.4) is 0 Å². The normalized spacial score (nSPS) is 28.0. The summed E-state index contributed by atoms with van der Waals surface area (Å²) in [5.74, 6) is -0.534. The maximum Gasteiger partial charge on any atom is 0.309 e. The van der Waals surface area contributed by atoms with Gasteiger partial charge in [0.2, 0.25) is 0 Å². The topological polar surface area (TPSA) is 37.3 Å². The number of aliphatic carboxylic acids is 1. The van der Waals surface area contributed by atoms with Gasteiger partial charge < -0.3 is 5.11 Å². The predicted octanol–water partition coefficient (Wildman–Crippen LogP) is 3.65. The Bertz CT molecular complexity index is 427. The molecule has 1 saturated carbocycles. The van der Waals surface area contributed by atoms with Gasteiger partial charge in [0.1, 0.15) is 5.82 Å². The van der Waals surface area contributed by atoms with Gasteiger partial charge in [-0.3, -0.25) is 4.79 Å². The molecule has 2 rings (SSSR count). The van der Waals surface area contributed by atoms with Crippen molar-refractivity contribution in [1.29, 1.82) is 0 Å². The maximum absolute atomic E-state index is 12.9. The second-order valence-electron chi connectivity index (χ2n) is 5.59. The summed E-state index contributed by atoms with van der Waals surface area (Å²) >= 11 is 0. The van der Waals surface area contributed by atoms with E-state index in [1.54, 1.807) is 12.1 Å². The molecule has 3 heteroatoms. The van der Waals surface area contributed by atoms with E-state index in [1.165, 1.54) is 12.1 Å². The molecule has 1 N–H and O–H groups in total. The standard InChI is InChI=1S/C15H19FO2/c1-11-3-2-8-15(9-11,14(17)18)10-12-4-6-13(16)7-5-12/h4-7,11H,2-3,8-10H2,1H3,(H,17,18). The molecule has 0 saturated heterocycles. The number of carbonyl (C=O) groups is 1. The van der Waals surface area contributed by atoms with Gasteiger partial charge in [-0.1, -0.05) is 31.9 Å². The van der Waals surface area contributed by atoms with Crippen LogP contribution in [0.4, 0.5) is 4.39 Å². The predicted molar refractivity (Wildman–Crippen MR) is 67.8 cm³/mol. The van der Waals surface area contributed by atoms with Crippen molar-refractivity contribution in [3.63, 3.8) is 0 Å². The van der Waals surface area contributed by atoms with Crippen LogP contribution >= 0.6 is 0 Å². The minimum atomic E-state index is -0.710. The molecule has 0 radical (unpaired) electrons. The molecule has 2 nitrogen and oxygen atoms in total. The lowest BCUT2D eigenvalue weighted by Gasteiger charge is -2.36. The third-order valence-electron chi connectivity index (χ3n) is 4.00. The number of halogens is 1. The van der Waals surface area contributed by atoms with Gasteiger partial charge in [-0.15, -0.1) is 0 Å². The fourth-order valence-electron chi connectivity index (χ4n) is 3.08. The first-order valence-corrected chi connectivity index (χ1v) is 6.50. The summed E-state index contributed by atoms with van der Waals surface area (Å²) in [7, 11) is 0. The molecule has 0 heterocycles. The zero-order chi connectivity index (χ0) is 13.2. The Morgan fingerprint density at radius 1 is 1.44 bits per heavy atom. The number of hydrogen-bond acceptors (Lipinski definition) is 1. The molecule has 1 aliphatic carbocycles. The lowest BCUT2D eigenvalue weighted by atomic mass is 9.67. The first-order chi connectivity index (χ1) is 8.52.